The summed E-state index contributed by atoms with van der Waals surface area (Å²) in [5.41, 5.74) is 3.78. The van der Waals surface area contributed by atoms with Crippen LogP contribution in [0, 0.1) is 13.8 Å². The summed E-state index contributed by atoms with van der Waals surface area (Å²) in [6, 6.07) is 12.1. The number of nitrogens with one attached hydrogen (secondary N) is 1. The minimum atomic E-state index is -0.921. The molecule has 126 valence electrons. The Morgan fingerprint density at radius 2 is 1.79 bits per heavy atom. The molecule has 0 radical (unpaired) electrons. The fraction of sp³-hybridized carbons (Fsp3) is 0.263. The van der Waals surface area contributed by atoms with E-state index in [2.05, 4.69) is 5.32 Å². The summed E-state index contributed by atoms with van der Waals surface area (Å²) in [5, 5.41) is 11.8. The molecule has 0 fully saturated rings. The van der Waals surface area contributed by atoms with E-state index in [-0.39, 0.29) is 12.5 Å². The van der Waals surface area contributed by atoms with Crippen LogP contribution in [0.2, 0.25) is 0 Å². The van der Waals surface area contributed by atoms with Crippen LogP contribution >= 0.6 is 0 Å². The SMILES string of the molecule is Cc1ccc(NC(=O)[C@H](C)OC(=O)c2ccc(CO)cc2)c(C)c1. The molecule has 2 aromatic rings. The van der Waals surface area contributed by atoms with E-state index in [1.54, 1.807) is 24.3 Å². The number of aliphatic hydroxyl groups is 1. The molecule has 0 saturated carbocycles. The van der Waals surface area contributed by atoms with Crippen molar-refractivity contribution in [1.29, 1.82) is 0 Å². The number of carbonyl (C=O) groups excluding carboxylic acids is 2. The number of benzene rings is 2. The average Bonchev–Trinajstić information content (AvgIpc) is 2.57. The average molecular weight is 327 g/mol. The van der Waals surface area contributed by atoms with Gasteiger partial charge in [0.15, 0.2) is 6.10 Å². The van der Waals surface area contributed by atoms with Gasteiger partial charge in [-0.1, -0.05) is 29.8 Å². The van der Waals surface area contributed by atoms with Gasteiger partial charge in [0.05, 0.1) is 12.2 Å². The summed E-state index contributed by atoms with van der Waals surface area (Å²) in [6.07, 6.45) is -0.921. The van der Waals surface area contributed by atoms with Gasteiger partial charge in [0.1, 0.15) is 0 Å². The minimum Gasteiger partial charge on any atom is -0.449 e. The Bertz CT molecular complexity index is 738. The van der Waals surface area contributed by atoms with E-state index in [1.807, 2.05) is 32.0 Å². The predicted octanol–water partition coefficient (Wildman–Crippen LogP) is 2.98. The van der Waals surface area contributed by atoms with Crippen molar-refractivity contribution in [1.82, 2.24) is 0 Å². The van der Waals surface area contributed by atoms with Crippen LogP contribution < -0.4 is 5.32 Å². The molecule has 1 amide bonds. The predicted molar refractivity (Wildman–Crippen MR) is 91.8 cm³/mol. The van der Waals surface area contributed by atoms with Gasteiger partial charge < -0.3 is 15.2 Å². The van der Waals surface area contributed by atoms with Gasteiger partial charge in [-0.2, -0.15) is 0 Å². The van der Waals surface area contributed by atoms with Crippen molar-refractivity contribution in [3.05, 3.63) is 64.7 Å². The highest BCUT2D eigenvalue weighted by Gasteiger charge is 2.19. The van der Waals surface area contributed by atoms with E-state index >= 15 is 0 Å². The van der Waals surface area contributed by atoms with Crippen molar-refractivity contribution in [2.24, 2.45) is 0 Å². The first-order valence-electron chi connectivity index (χ1n) is 7.69. The van der Waals surface area contributed by atoms with Crippen molar-refractivity contribution < 1.29 is 19.4 Å². The van der Waals surface area contributed by atoms with E-state index in [4.69, 9.17) is 9.84 Å². The number of esters is 1. The van der Waals surface area contributed by atoms with Gasteiger partial charge in [-0.15, -0.1) is 0 Å². The maximum absolute atomic E-state index is 12.2. The van der Waals surface area contributed by atoms with Crippen LogP contribution in [0.1, 0.15) is 34.0 Å². The quantitative estimate of drug-likeness (QED) is 0.828. The normalized spacial score (nSPS) is 11.7. The maximum Gasteiger partial charge on any atom is 0.338 e. The van der Waals surface area contributed by atoms with Crippen molar-refractivity contribution in [2.45, 2.75) is 33.5 Å². The molecule has 2 rings (SSSR count). The van der Waals surface area contributed by atoms with Crippen LogP contribution in [-0.4, -0.2) is 23.1 Å². The van der Waals surface area contributed by atoms with Crippen LogP contribution in [0.25, 0.3) is 0 Å². The first-order valence-corrected chi connectivity index (χ1v) is 7.69. The van der Waals surface area contributed by atoms with Crippen LogP contribution in [0.4, 0.5) is 5.69 Å². The highest BCUT2D eigenvalue weighted by atomic mass is 16.5. The van der Waals surface area contributed by atoms with Gasteiger partial charge in [-0.05, 0) is 50.1 Å². The lowest BCUT2D eigenvalue weighted by atomic mass is 10.1. The Balaban J connectivity index is 1.98. The zero-order valence-electron chi connectivity index (χ0n) is 14.0. The number of aliphatic hydroxyl groups excluding tert-OH is 1. The molecule has 2 N–H and O–H groups in total. The third-order valence-corrected chi connectivity index (χ3v) is 3.67. The fourth-order valence-corrected chi connectivity index (χ4v) is 2.22. The van der Waals surface area contributed by atoms with E-state index < -0.39 is 12.1 Å². The molecule has 5 heteroatoms. The van der Waals surface area contributed by atoms with E-state index in [0.29, 0.717) is 16.8 Å². The van der Waals surface area contributed by atoms with E-state index in [1.165, 1.54) is 6.92 Å². The molecule has 1 atom stereocenters. The Morgan fingerprint density at radius 3 is 2.38 bits per heavy atom. The topological polar surface area (TPSA) is 75.6 Å². The zero-order valence-corrected chi connectivity index (χ0v) is 14.0. The van der Waals surface area contributed by atoms with Gasteiger partial charge in [0.2, 0.25) is 0 Å². The van der Waals surface area contributed by atoms with Crippen molar-refractivity contribution >= 4 is 17.6 Å². The standard InChI is InChI=1S/C19H21NO4/c1-12-4-9-17(13(2)10-12)20-18(22)14(3)24-19(23)16-7-5-15(11-21)6-8-16/h4-10,14,21H,11H2,1-3H3,(H,20,22)/t14-/m0/s1. The molecule has 5 nitrogen and oxygen atoms in total. The van der Waals surface area contributed by atoms with Gasteiger partial charge in [0, 0.05) is 5.69 Å². The zero-order chi connectivity index (χ0) is 17.7. The second kappa shape index (κ2) is 7.75. The highest BCUT2D eigenvalue weighted by Crippen LogP contribution is 2.17. The molecule has 0 aliphatic carbocycles. The van der Waals surface area contributed by atoms with Gasteiger partial charge >= 0.3 is 5.97 Å². The second-order valence-corrected chi connectivity index (χ2v) is 5.71. The van der Waals surface area contributed by atoms with E-state index in [0.717, 1.165) is 11.1 Å². The molecule has 0 saturated heterocycles. The molecule has 0 unspecified atom stereocenters. The maximum atomic E-state index is 12.2. The third-order valence-electron chi connectivity index (χ3n) is 3.67. The highest BCUT2D eigenvalue weighted by molar-refractivity contribution is 5.97. The van der Waals surface area contributed by atoms with Crippen LogP contribution in [-0.2, 0) is 16.1 Å². The number of rotatable bonds is 5. The number of hydrogen-bond donors (Lipinski definition) is 2. The lowest BCUT2D eigenvalue weighted by Crippen LogP contribution is -2.30. The summed E-state index contributed by atoms with van der Waals surface area (Å²) in [5.74, 6) is -0.968. The molecule has 24 heavy (non-hydrogen) atoms. The molecule has 0 bridgehead atoms. The molecule has 0 spiro atoms. The molecule has 2 aromatic carbocycles. The third kappa shape index (κ3) is 4.43. The summed E-state index contributed by atoms with van der Waals surface area (Å²) in [4.78, 5) is 24.3. The molecular weight excluding hydrogens is 306 g/mol. The van der Waals surface area contributed by atoms with Crippen molar-refractivity contribution in [3.8, 4) is 0 Å². The lowest BCUT2D eigenvalue weighted by Gasteiger charge is -2.15. The van der Waals surface area contributed by atoms with E-state index in [9.17, 15) is 9.59 Å². The van der Waals surface area contributed by atoms with Gasteiger partial charge in [-0.25, -0.2) is 4.79 Å². The number of amides is 1. The largest absolute Gasteiger partial charge is 0.449 e. The Morgan fingerprint density at radius 1 is 1.12 bits per heavy atom. The summed E-state index contributed by atoms with van der Waals surface area (Å²) < 4.78 is 5.19. The number of aryl methyl sites for hydroxylation is 2. The van der Waals surface area contributed by atoms with Crippen LogP contribution in [0.5, 0.6) is 0 Å². The lowest BCUT2D eigenvalue weighted by molar-refractivity contribution is -0.123. The molecule has 0 heterocycles. The molecule has 0 aliphatic rings. The number of ether oxygens (including phenoxy) is 1. The number of hydrogen-bond acceptors (Lipinski definition) is 4. The molecule has 0 aliphatic heterocycles. The van der Waals surface area contributed by atoms with Crippen LogP contribution in [0.3, 0.4) is 0 Å². The smallest absolute Gasteiger partial charge is 0.338 e. The first kappa shape index (κ1) is 17.7. The molecule has 0 aromatic heterocycles. The Hall–Kier alpha value is -2.66. The second-order valence-electron chi connectivity index (χ2n) is 5.71. The Labute approximate surface area is 141 Å². The monoisotopic (exact) mass is 327 g/mol. The minimum absolute atomic E-state index is 0.0932. The summed E-state index contributed by atoms with van der Waals surface area (Å²) in [6.45, 7) is 5.32. The number of anilines is 1. The summed E-state index contributed by atoms with van der Waals surface area (Å²) >= 11 is 0. The van der Waals surface area contributed by atoms with Crippen LogP contribution in [0.15, 0.2) is 42.5 Å². The van der Waals surface area contributed by atoms with Gasteiger partial charge in [0.25, 0.3) is 5.91 Å². The summed E-state index contributed by atoms with van der Waals surface area (Å²) in [7, 11) is 0. The van der Waals surface area contributed by atoms with Crippen molar-refractivity contribution in [3.63, 3.8) is 0 Å². The Kier molecular flexibility index (Phi) is 5.71. The molecular formula is C19H21NO4. The number of carbonyl (C=O) groups is 2. The van der Waals surface area contributed by atoms with Crippen molar-refractivity contribution in [2.75, 3.05) is 5.32 Å². The first-order chi connectivity index (χ1) is 11.4. The fourth-order valence-electron chi connectivity index (χ4n) is 2.22. The van der Waals surface area contributed by atoms with Gasteiger partial charge in [-0.3, -0.25) is 4.79 Å².